The molecule has 0 saturated carbocycles. The third kappa shape index (κ3) is 5.90. The Labute approximate surface area is 175 Å². The summed E-state index contributed by atoms with van der Waals surface area (Å²) >= 11 is 0. The number of benzene rings is 1. The summed E-state index contributed by atoms with van der Waals surface area (Å²) in [6, 6.07) is 4.38. The molecule has 4 heteroatoms. The number of nitrogens with zero attached hydrogens (tertiary/aromatic N) is 2. The fraction of sp³-hybridized carbons (Fsp3) is 0.680. The van der Waals surface area contributed by atoms with E-state index in [1.165, 1.54) is 50.7 Å². The lowest BCUT2D eigenvalue weighted by Gasteiger charge is -2.29. The van der Waals surface area contributed by atoms with Crippen LogP contribution in [0, 0.1) is 17.7 Å². The predicted molar refractivity (Wildman–Crippen MR) is 121 cm³/mol. The van der Waals surface area contributed by atoms with Gasteiger partial charge < -0.3 is 0 Å². The first kappa shape index (κ1) is 23.6. The summed E-state index contributed by atoms with van der Waals surface area (Å²) in [5, 5.41) is 0.385. The highest BCUT2D eigenvalue weighted by Gasteiger charge is 2.27. The van der Waals surface area contributed by atoms with Crippen molar-refractivity contribution >= 4 is 10.9 Å². The minimum atomic E-state index is -0.383. The second kappa shape index (κ2) is 11.5. The van der Waals surface area contributed by atoms with Crippen molar-refractivity contribution in [2.45, 2.75) is 98.4 Å². The first-order valence-electron chi connectivity index (χ1n) is 11.7. The van der Waals surface area contributed by atoms with Crippen LogP contribution in [0.3, 0.4) is 0 Å². The molecular weight excluding hydrogens is 363 g/mol. The summed E-state index contributed by atoms with van der Waals surface area (Å²) in [5.74, 6) is 2.06. The van der Waals surface area contributed by atoms with E-state index in [1.807, 2.05) is 6.92 Å². The Morgan fingerprint density at radius 2 is 1.79 bits per heavy atom. The average molecular weight is 403 g/mol. The summed E-state index contributed by atoms with van der Waals surface area (Å²) in [6.07, 6.45) is 9.29. The molecule has 162 valence electrons. The van der Waals surface area contributed by atoms with Crippen LogP contribution >= 0.6 is 0 Å². The van der Waals surface area contributed by atoms with Crippen LogP contribution in [0.2, 0.25) is 0 Å². The number of unbranched alkanes of at least 4 members (excludes halogenated alkanes) is 1. The first-order chi connectivity index (χ1) is 14.0. The number of rotatable bonds is 12. The van der Waals surface area contributed by atoms with Crippen LogP contribution in [0.5, 0.6) is 0 Å². The molecule has 1 aromatic carbocycles. The monoisotopic (exact) mass is 402 g/mol. The van der Waals surface area contributed by atoms with Crippen LogP contribution in [0.1, 0.15) is 97.7 Å². The van der Waals surface area contributed by atoms with Crippen molar-refractivity contribution < 1.29 is 4.39 Å². The molecule has 0 aliphatic heterocycles. The second-order valence-corrected chi connectivity index (χ2v) is 8.57. The van der Waals surface area contributed by atoms with Crippen molar-refractivity contribution in [1.29, 1.82) is 0 Å². The van der Waals surface area contributed by atoms with Gasteiger partial charge in [-0.05, 0) is 56.2 Å². The Hall–Kier alpha value is -1.71. The van der Waals surface area contributed by atoms with E-state index in [2.05, 4.69) is 27.7 Å². The smallest absolute Gasteiger partial charge is 0.261 e. The molecular formula is C25H39FN2O. The molecule has 1 heterocycles. The second-order valence-electron chi connectivity index (χ2n) is 8.57. The van der Waals surface area contributed by atoms with E-state index in [9.17, 15) is 9.18 Å². The van der Waals surface area contributed by atoms with E-state index in [-0.39, 0.29) is 17.3 Å². The van der Waals surface area contributed by atoms with E-state index >= 15 is 0 Å². The normalized spacial score (nSPS) is 14.8. The first-order valence-corrected chi connectivity index (χ1v) is 11.7. The van der Waals surface area contributed by atoms with E-state index in [1.54, 1.807) is 10.6 Å². The number of fused-ring (bicyclic) bond motifs is 1. The van der Waals surface area contributed by atoms with E-state index in [0.717, 1.165) is 24.6 Å². The molecule has 0 aliphatic rings. The van der Waals surface area contributed by atoms with Crippen molar-refractivity contribution in [3.63, 3.8) is 0 Å². The zero-order valence-electron chi connectivity index (χ0n) is 19.0. The summed E-state index contributed by atoms with van der Waals surface area (Å²) in [6.45, 7) is 11.6. The van der Waals surface area contributed by atoms with Crippen molar-refractivity contribution in [2.75, 3.05) is 0 Å². The lowest BCUT2D eigenvalue weighted by Crippen LogP contribution is -2.29. The summed E-state index contributed by atoms with van der Waals surface area (Å²) in [4.78, 5) is 18.1. The molecule has 0 fully saturated rings. The number of hydrogen-bond acceptors (Lipinski definition) is 2. The van der Waals surface area contributed by atoms with E-state index < -0.39 is 0 Å². The standard InChI is InChI=1S/C25H39FN2O/c1-6-10-12-19(14-13-18(5)8-3)21(11-7-2)24-27-23-16-15-20(26)17-22(23)25(29)28(24)9-4/h15-19,21H,6-14H2,1-5H3. The minimum absolute atomic E-state index is 0.107. The zero-order valence-corrected chi connectivity index (χ0v) is 19.0. The van der Waals surface area contributed by atoms with Crippen molar-refractivity contribution in [2.24, 2.45) is 11.8 Å². The molecule has 0 radical (unpaired) electrons. The van der Waals surface area contributed by atoms with Gasteiger partial charge in [0, 0.05) is 12.5 Å². The van der Waals surface area contributed by atoms with Gasteiger partial charge in [-0.3, -0.25) is 9.36 Å². The molecule has 3 atom stereocenters. The van der Waals surface area contributed by atoms with Crippen molar-refractivity contribution in [1.82, 2.24) is 9.55 Å². The number of aromatic nitrogens is 2. The molecule has 0 N–H and O–H groups in total. The zero-order chi connectivity index (χ0) is 21.4. The Bertz CT molecular complexity index is 829. The van der Waals surface area contributed by atoms with Crippen LogP contribution in [0.4, 0.5) is 4.39 Å². The number of halogens is 1. The Morgan fingerprint density at radius 1 is 1.03 bits per heavy atom. The third-order valence-corrected chi connectivity index (χ3v) is 6.42. The third-order valence-electron chi connectivity index (χ3n) is 6.42. The van der Waals surface area contributed by atoms with Crippen LogP contribution < -0.4 is 5.56 Å². The van der Waals surface area contributed by atoms with Gasteiger partial charge in [0.2, 0.25) is 0 Å². The van der Waals surface area contributed by atoms with Crippen molar-refractivity contribution in [3.8, 4) is 0 Å². The molecule has 2 rings (SSSR count). The van der Waals surface area contributed by atoms with Crippen molar-refractivity contribution in [3.05, 3.63) is 40.2 Å². The van der Waals surface area contributed by atoms with E-state index in [4.69, 9.17) is 4.98 Å². The number of hydrogen-bond donors (Lipinski definition) is 0. The lowest BCUT2D eigenvalue weighted by atomic mass is 9.79. The lowest BCUT2D eigenvalue weighted by molar-refractivity contribution is 0.296. The quantitative estimate of drug-likeness (QED) is 0.380. The highest BCUT2D eigenvalue weighted by atomic mass is 19.1. The van der Waals surface area contributed by atoms with Crippen LogP contribution in [-0.2, 0) is 6.54 Å². The Morgan fingerprint density at radius 3 is 2.41 bits per heavy atom. The molecule has 3 unspecified atom stereocenters. The van der Waals surface area contributed by atoms with Gasteiger partial charge in [0.15, 0.2) is 0 Å². The van der Waals surface area contributed by atoms with Gasteiger partial charge in [-0.1, -0.05) is 59.8 Å². The van der Waals surface area contributed by atoms with Gasteiger partial charge in [-0.25, -0.2) is 9.37 Å². The molecule has 0 aliphatic carbocycles. The van der Waals surface area contributed by atoms with Gasteiger partial charge in [0.05, 0.1) is 10.9 Å². The summed E-state index contributed by atoms with van der Waals surface area (Å²) in [5.41, 5.74) is 0.512. The summed E-state index contributed by atoms with van der Waals surface area (Å²) in [7, 11) is 0. The maximum absolute atomic E-state index is 13.7. The van der Waals surface area contributed by atoms with Crippen LogP contribution in [0.15, 0.2) is 23.0 Å². The molecule has 3 nitrogen and oxygen atoms in total. The highest BCUT2D eigenvalue weighted by Crippen LogP contribution is 2.36. The Kier molecular flexibility index (Phi) is 9.32. The maximum atomic E-state index is 13.7. The van der Waals surface area contributed by atoms with Crippen LogP contribution in [0.25, 0.3) is 10.9 Å². The van der Waals surface area contributed by atoms with Gasteiger partial charge in [-0.2, -0.15) is 0 Å². The molecule has 0 bridgehead atoms. The molecule has 0 saturated heterocycles. The van der Waals surface area contributed by atoms with Gasteiger partial charge in [0.25, 0.3) is 5.56 Å². The topological polar surface area (TPSA) is 34.9 Å². The highest BCUT2D eigenvalue weighted by molar-refractivity contribution is 5.77. The largest absolute Gasteiger partial charge is 0.296 e. The molecule has 0 spiro atoms. The maximum Gasteiger partial charge on any atom is 0.261 e. The van der Waals surface area contributed by atoms with E-state index in [0.29, 0.717) is 23.4 Å². The van der Waals surface area contributed by atoms with Gasteiger partial charge in [0.1, 0.15) is 11.6 Å². The fourth-order valence-electron chi connectivity index (χ4n) is 4.40. The Balaban J connectivity index is 2.53. The van der Waals surface area contributed by atoms with Crippen LogP contribution in [-0.4, -0.2) is 9.55 Å². The molecule has 0 amide bonds. The SMILES string of the molecule is CCCCC(CCC(C)CC)C(CCC)c1nc2ccc(F)cc2c(=O)n1CC. The molecule has 1 aromatic heterocycles. The summed E-state index contributed by atoms with van der Waals surface area (Å²) < 4.78 is 15.5. The predicted octanol–water partition coefficient (Wildman–Crippen LogP) is 7.07. The molecule has 29 heavy (non-hydrogen) atoms. The average Bonchev–Trinajstić information content (AvgIpc) is 2.72. The molecule has 2 aromatic rings. The van der Waals surface area contributed by atoms with Gasteiger partial charge >= 0.3 is 0 Å². The van der Waals surface area contributed by atoms with Gasteiger partial charge in [-0.15, -0.1) is 0 Å². The minimum Gasteiger partial charge on any atom is -0.296 e. The fourth-order valence-corrected chi connectivity index (χ4v) is 4.40.